The molecule has 0 unspecified atom stereocenters. The molecule has 0 radical (unpaired) electrons. The van der Waals surface area contributed by atoms with Crippen molar-refractivity contribution in [2.24, 2.45) is 0 Å². The lowest BCUT2D eigenvalue weighted by Crippen LogP contribution is -2.21. The van der Waals surface area contributed by atoms with Crippen LogP contribution in [0.2, 0.25) is 0 Å². The third kappa shape index (κ3) is 4.04. The van der Waals surface area contributed by atoms with Crippen molar-refractivity contribution >= 4 is 0 Å². The van der Waals surface area contributed by atoms with Gasteiger partial charge in [-0.15, -0.1) is 0 Å². The molecule has 5 heteroatoms. The first-order valence-electron chi connectivity index (χ1n) is 6.52. The van der Waals surface area contributed by atoms with Crippen molar-refractivity contribution in [1.82, 2.24) is 5.32 Å². The third-order valence-electron chi connectivity index (χ3n) is 3.28. The standard InChI is InChI=1S/C16H15F4N/c1-11(12-5-3-2-4-6-12)21-10-13-7-8-14(17)9-15(13)16(18,19)20/h2-9,11,21H,10H2,1H3/t11-/m1/s1. The molecule has 0 heterocycles. The Bertz CT molecular complexity index is 593. The number of alkyl halides is 3. The first-order valence-corrected chi connectivity index (χ1v) is 6.52. The Balaban J connectivity index is 2.14. The predicted octanol–water partition coefficient (Wildman–Crippen LogP) is 4.70. The van der Waals surface area contributed by atoms with Gasteiger partial charge in [-0.25, -0.2) is 4.39 Å². The molecule has 21 heavy (non-hydrogen) atoms. The van der Waals surface area contributed by atoms with Crippen molar-refractivity contribution in [1.29, 1.82) is 0 Å². The molecule has 0 saturated carbocycles. The number of rotatable bonds is 4. The SMILES string of the molecule is C[C@@H](NCc1ccc(F)cc1C(F)(F)F)c1ccccc1. The van der Waals surface area contributed by atoms with E-state index in [2.05, 4.69) is 5.32 Å². The molecule has 1 atom stereocenters. The van der Waals surface area contributed by atoms with Crippen molar-refractivity contribution in [2.45, 2.75) is 25.7 Å². The molecule has 2 aromatic carbocycles. The number of hydrogen-bond acceptors (Lipinski definition) is 1. The van der Waals surface area contributed by atoms with Gasteiger partial charge in [0, 0.05) is 12.6 Å². The lowest BCUT2D eigenvalue weighted by Gasteiger charge is -2.17. The minimum Gasteiger partial charge on any atom is -0.306 e. The summed E-state index contributed by atoms with van der Waals surface area (Å²) in [6.45, 7) is 1.89. The van der Waals surface area contributed by atoms with Crippen molar-refractivity contribution < 1.29 is 17.6 Å². The van der Waals surface area contributed by atoms with Crippen LogP contribution in [-0.4, -0.2) is 0 Å². The van der Waals surface area contributed by atoms with Crippen LogP contribution < -0.4 is 5.32 Å². The van der Waals surface area contributed by atoms with Crippen LogP contribution in [0.15, 0.2) is 48.5 Å². The first-order chi connectivity index (χ1) is 9.88. The van der Waals surface area contributed by atoms with E-state index in [1.54, 1.807) is 0 Å². The summed E-state index contributed by atoms with van der Waals surface area (Å²) in [6, 6.07) is 12.0. The molecular weight excluding hydrogens is 282 g/mol. The molecule has 0 bridgehead atoms. The van der Waals surface area contributed by atoms with E-state index in [4.69, 9.17) is 0 Å². The highest BCUT2D eigenvalue weighted by Gasteiger charge is 2.33. The minimum absolute atomic E-state index is 0.0190. The van der Waals surface area contributed by atoms with E-state index in [0.717, 1.165) is 11.6 Å². The van der Waals surface area contributed by atoms with Gasteiger partial charge in [0.2, 0.25) is 0 Å². The summed E-state index contributed by atoms with van der Waals surface area (Å²) >= 11 is 0. The van der Waals surface area contributed by atoms with Gasteiger partial charge in [-0.05, 0) is 30.2 Å². The second kappa shape index (κ2) is 6.26. The van der Waals surface area contributed by atoms with Gasteiger partial charge < -0.3 is 5.32 Å². The van der Waals surface area contributed by atoms with Gasteiger partial charge in [0.1, 0.15) is 5.82 Å². The molecular formula is C16H15F4N. The van der Waals surface area contributed by atoms with Gasteiger partial charge in [-0.2, -0.15) is 13.2 Å². The summed E-state index contributed by atoms with van der Waals surface area (Å²) in [5.74, 6) is -0.887. The molecule has 0 aliphatic rings. The minimum atomic E-state index is -4.56. The molecule has 2 aromatic rings. The summed E-state index contributed by atoms with van der Waals surface area (Å²) in [6.07, 6.45) is -4.56. The van der Waals surface area contributed by atoms with Gasteiger partial charge >= 0.3 is 6.18 Å². The van der Waals surface area contributed by atoms with Crippen LogP contribution in [0.25, 0.3) is 0 Å². The predicted molar refractivity (Wildman–Crippen MR) is 73.1 cm³/mol. The Morgan fingerprint density at radius 1 is 1.05 bits per heavy atom. The quantitative estimate of drug-likeness (QED) is 0.807. The van der Waals surface area contributed by atoms with Crippen LogP contribution in [0, 0.1) is 5.82 Å². The molecule has 1 N–H and O–H groups in total. The monoisotopic (exact) mass is 297 g/mol. The number of nitrogens with one attached hydrogen (secondary N) is 1. The van der Waals surface area contributed by atoms with Gasteiger partial charge in [0.25, 0.3) is 0 Å². The largest absolute Gasteiger partial charge is 0.416 e. The van der Waals surface area contributed by atoms with Gasteiger partial charge in [-0.1, -0.05) is 36.4 Å². The van der Waals surface area contributed by atoms with Crippen LogP contribution in [0.5, 0.6) is 0 Å². The number of halogens is 4. The average molecular weight is 297 g/mol. The Morgan fingerprint density at radius 2 is 1.71 bits per heavy atom. The van der Waals surface area contributed by atoms with Crippen LogP contribution >= 0.6 is 0 Å². The van der Waals surface area contributed by atoms with Crippen molar-refractivity contribution in [3.05, 3.63) is 71.0 Å². The number of benzene rings is 2. The fourth-order valence-electron chi connectivity index (χ4n) is 2.09. The normalized spacial score (nSPS) is 13.2. The fourth-order valence-corrected chi connectivity index (χ4v) is 2.09. The zero-order valence-electron chi connectivity index (χ0n) is 11.4. The van der Waals surface area contributed by atoms with Crippen LogP contribution in [0.4, 0.5) is 17.6 Å². The van der Waals surface area contributed by atoms with Crippen LogP contribution in [0.1, 0.15) is 29.7 Å². The molecule has 0 spiro atoms. The molecule has 0 aliphatic carbocycles. The molecule has 2 rings (SSSR count). The summed E-state index contributed by atoms with van der Waals surface area (Å²) in [5, 5.41) is 3.02. The summed E-state index contributed by atoms with van der Waals surface area (Å²) in [7, 11) is 0. The molecule has 0 amide bonds. The fraction of sp³-hybridized carbons (Fsp3) is 0.250. The highest BCUT2D eigenvalue weighted by molar-refractivity contribution is 5.30. The van der Waals surface area contributed by atoms with E-state index in [1.807, 2.05) is 37.3 Å². The van der Waals surface area contributed by atoms with E-state index in [9.17, 15) is 17.6 Å². The maximum absolute atomic E-state index is 13.0. The molecule has 0 aliphatic heterocycles. The zero-order chi connectivity index (χ0) is 15.5. The summed E-state index contributed by atoms with van der Waals surface area (Å²) < 4.78 is 51.7. The Kier molecular flexibility index (Phi) is 4.63. The maximum Gasteiger partial charge on any atom is 0.416 e. The van der Waals surface area contributed by atoms with Crippen LogP contribution in [-0.2, 0) is 12.7 Å². The highest BCUT2D eigenvalue weighted by Crippen LogP contribution is 2.32. The van der Waals surface area contributed by atoms with E-state index in [0.29, 0.717) is 6.07 Å². The highest BCUT2D eigenvalue weighted by atomic mass is 19.4. The topological polar surface area (TPSA) is 12.0 Å². The third-order valence-corrected chi connectivity index (χ3v) is 3.28. The van der Waals surface area contributed by atoms with E-state index in [-0.39, 0.29) is 18.2 Å². The first kappa shape index (κ1) is 15.5. The van der Waals surface area contributed by atoms with Crippen molar-refractivity contribution in [2.75, 3.05) is 0 Å². The molecule has 112 valence electrons. The maximum atomic E-state index is 13.0. The molecule has 0 fully saturated rings. The van der Waals surface area contributed by atoms with E-state index < -0.39 is 17.6 Å². The summed E-state index contributed by atoms with van der Waals surface area (Å²) in [5.41, 5.74) is 0.0788. The van der Waals surface area contributed by atoms with Gasteiger partial charge in [0.15, 0.2) is 0 Å². The van der Waals surface area contributed by atoms with Gasteiger partial charge in [-0.3, -0.25) is 0 Å². The average Bonchev–Trinajstić information content (AvgIpc) is 2.45. The summed E-state index contributed by atoms with van der Waals surface area (Å²) in [4.78, 5) is 0. The lowest BCUT2D eigenvalue weighted by atomic mass is 10.0. The zero-order valence-corrected chi connectivity index (χ0v) is 11.4. The van der Waals surface area contributed by atoms with E-state index in [1.165, 1.54) is 6.07 Å². The molecule has 0 aromatic heterocycles. The molecule has 0 saturated heterocycles. The van der Waals surface area contributed by atoms with Crippen LogP contribution in [0.3, 0.4) is 0 Å². The van der Waals surface area contributed by atoms with E-state index >= 15 is 0 Å². The Labute approximate surface area is 120 Å². The number of hydrogen-bond donors (Lipinski definition) is 1. The van der Waals surface area contributed by atoms with Crippen molar-refractivity contribution in [3.8, 4) is 0 Å². The van der Waals surface area contributed by atoms with Gasteiger partial charge in [0.05, 0.1) is 5.56 Å². The Morgan fingerprint density at radius 3 is 2.33 bits per heavy atom. The second-order valence-corrected chi connectivity index (χ2v) is 4.81. The lowest BCUT2D eigenvalue weighted by molar-refractivity contribution is -0.138. The smallest absolute Gasteiger partial charge is 0.306 e. The Hall–Kier alpha value is -1.88. The van der Waals surface area contributed by atoms with Crippen molar-refractivity contribution in [3.63, 3.8) is 0 Å². The molecule has 1 nitrogen and oxygen atoms in total. The second-order valence-electron chi connectivity index (χ2n) is 4.81.